The Kier molecular flexibility index (Phi) is 7.41. The SMILES string of the molecule is CCOC(=O)CCNCCCN1CCCN=C1C. The molecular weight excluding hydrogens is 230 g/mol. The number of nitrogens with zero attached hydrogens (tertiary/aromatic N) is 2. The van der Waals surface area contributed by atoms with Crippen molar-refractivity contribution >= 4 is 11.8 Å². The van der Waals surface area contributed by atoms with Crippen LogP contribution in [0.25, 0.3) is 0 Å². The smallest absolute Gasteiger partial charge is 0.307 e. The monoisotopic (exact) mass is 255 g/mol. The number of carbonyl (C=O) groups excluding carboxylic acids is 1. The summed E-state index contributed by atoms with van der Waals surface area (Å²) in [6, 6.07) is 0. The van der Waals surface area contributed by atoms with Gasteiger partial charge in [-0.3, -0.25) is 9.79 Å². The summed E-state index contributed by atoms with van der Waals surface area (Å²) in [5, 5.41) is 3.26. The zero-order valence-corrected chi connectivity index (χ0v) is 11.6. The van der Waals surface area contributed by atoms with Gasteiger partial charge < -0.3 is 15.0 Å². The van der Waals surface area contributed by atoms with E-state index in [1.165, 1.54) is 0 Å². The highest BCUT2D eigenvalue weighted by molar-refractivity contribution is 5.80. The lowest BCUT2D eigenvalue weighted by Crippen LogP contribution is -2.35. The average Bonchev–Trinajstić information content (AvgIpc) is 2.36. The van der Waals surface area contributed by atoms with Gasteiger partial charge in [0.15, 0.2) is 0 Å². The number of nitrogens with one attached hydrogen (secondary N) is 1. The Morgan fingerprint density at radius 2 is 2.33 bits per heavy atom. The van der Waals surface area contributed by atoms with E-state index < -0.39 is 0 Å². The Morgan fingerprint density at radius 1 is 1.50 bits per heavy atom. The summed E-state index contributed by atoms with van der Waals surface area (Å²) in [5.41, 5.74) is 0. The largest absolute Gasteiger partial charge is 0.466 e. The van der Waals surface area contributed by atoms with Gasteiger partial charge in [0, 0.05) is 26.2 Å². The molecule has 104 valence electrons. The van der Waals surface area contributed by atoms with E-state index in [0.29, 0.717) is 19.6 Å². The maximum atomic E-state index is 11.1. The van der Waals surface area contributed by atoms with Crippen LogP contribution in [-0.4, -0.2) is 56.0 Å². The number of amidine groups is 1. The predicted octanol–water partition coefficient (Wildman–Crippen LogP) is 1.04. The van der Waals surface area contributed by atoms with Crippen molar-refractivity contribution in [1.29, 1.82) is 0 Å². The van der Waals surface area contributed by atoms with E-state index in [-0.39, 0.29) is 5.97 Å². The minimum absolute atomic E-state index is 0.121. The van der Waals surface area contributed by atoms with Gasteiger partial charge in [0.05, 0.1) is 18.9 Å². The van der Waals surface area contributed by atoms with Crippen LogP contribution in [0, 0.1) is 0 Å². The zero-order chi connectivity index (χ0) is 13.2. The third-order valence-corrected chi connectivity index (χ3v) is 2.98. The van der Waals surface area contributed by atoms with Gasteiger partial charge in [0.25, 0.3) is 0 Å². The van der Waals surface area contributed by atoms with E-state index in [4.69, 9.17) is 4.74 Å². The third-order valence-electron chi connectivity index (χ3n) is 2.98. The van der Waals surface area contributed by atoms with Crippen molar-refractivity contribution in [3.63, 3.8) is 0 Å². The maximum absolute atomic E-state index is 11.1. The molecule has 0 aromatic rings. The molecule has 18 heavy (non-hydrogen) atoms. The van der Waals surface area contributed by atoms with Gasteiger partial charge in [0.1, 0.15) is 0 Å². The lowest BCUT2D eigenvalue weighted by Gasteiger charge is -2.27. The zero-order valence-electron chi connectivity index (χ0n) is 11.6. The van der Waals surface area contributed by atoms with Crippen LogP contribution >= 0.6 is 0 Å². The second-order valence-corrected chi connectivity index (χ2v) is 4.43. The van der Waals surface area contributed by atoms with Crippen LogP contribution in [0.3, 0.4) is 0 Å². The Morgan fingerprint density at radius 3 is 3.06 bits per heavy atom. The summed E-state index contributed by atoms with van der Waals surface area (Å²) >= 11 is 0. The lowest BCUT2D eigenvalue weighted by molar-refractivity contribution is -0.142. The van der Waals surface area contributed by atoms with Crippen molar-refractivity contribution in [3.05, 3.63) is 0 Å². The third kappa shape index (κ3) is 6.00. The van der Waals surface area contributed by atoms with Crippen molar-refractivity contribution in [2.24, 2.45) is 4.99 Å². The average molecular weight is 255 g/mol. The van der Waals surface area contributed by atoms with Gasteiger partial charge >= 0.3 is 5.97 Å². The summed E-state index contributed by atoms with van der Waals surface area (Å²) in [7, 11) is 0. The molecule has 0 saturated carbocycles. The van der Waals surface area contributed by atoms with Crippen molar-refractivity contribution in [2.45, 2.75) is 33.1 Å². The molecule has 0 aromatic carbocycles. The first-order valence-electron chi connectivity index (χ1n) is 6.86. The van der Waals surface area contributed by atoms with Gasteiger partial charge in [-0.05, 0) is 33.2 Å². The number of rotatable bonds is 8. The molecule has 5 heteroatoms. The molecule has 1 N–H and O–H groups in total. The Labute approximate surface area is 110 Å². The number of hydrogen-bond donors (Lipinski definition) is 1. The standard InChI is InChI=1S/C13H25N3O2/c1-3-18-13(17)6-9-14-7-4-10-16-11-5-8-15-12(16)2/h14H,3-11H2,1-2H3. The summed E-state index contributed by atoms with van der Waals surface area (Å²) in [6.45, 7) is 9.14. The van der Waals surface area contributed by atoms with Crippen LogP contribution in [-0.2, 0) is 9.53 Å². The quantitative estimate of drug-likeness (QED) is 0.520. The molecule has 1 aliphatic rings. The minimum Gasteiger partial charge on any atom is -0.466 e. The number of hydrogen-bond acceptors (Lipinski definition) is 5. The highest BCUT2D eigenvalue weighted by Gasteiger charge is 2.09. The molecule has 1 rings (SSSR count). The summed E-state index contributed by atoms with van der Waals surface area (Å²) in [5.74, 6) is 1.04. The highest BCUT2D eigenvalue weighted by atomic mass is 16.5. The van der Waals surface area contributed by atoms with Crippen molar-refractivity contribution < 1.29 is 9.53 Å². The fourth-order valence-corrected chi connectivity index (χ4v) is 1.98. The minimum atomic E-state index is -0.121. The first kappa shape index (κ1) is 15.0. The predicted molar refractivity (Wildman–Crippen MR) is 72.9 cm³/mol. The normalized spacial score (nSPS) is 15.4. The lowest BCUT2D eigenvalue weighted by atomic mass is 10.3. The summed E-state index contributed by atoms with van der Waals surface area (Å²) in [4.78, 5) is 17.8. The van der Waals surface area contributed by atoms with Gasteiger partial charge in [-0.15, -0.1) is 0 Å². The molecule has 0 bridgehead atoms. The second kappa shape index (κ2) is 8.91. The Bertz CT molecular complexity index is 279. The number of esters is 1. The highest BCUT2D eigenvalue weighted by Crippen LogP contribution is 2.02. The van der Waals surface area contributed by atoms with Crippen LogP contribution in [0.4, 0.5) is 0 Å². The van der Waals surface area contributed by atoms with Gasteiger partial charge in [-0.25, -0.2) is 0 Å². The molecule has 1 heterocycles. The van der Waals surface area contributed by atoms with E-state index in [0.717, 1.165) is 44.9 Å². The van der Waals surface area contributed by atoms with E-state index in [1.807, 2.05) is 6.92 Å². The molecule has 0 spiro atoms. The van der Waals surface area contributed by atoms with Gasteiger partial charge in [-0.1, -0.05) is 0 Å². The molecular formula is C13H25N3O2. The number of aliphatic imine (C=N–C) groups is 1. The van der Waals surface area contributed by atoms with Crippen LogP contribution in [0.2, 0.25) is 0 Å². The number of ether oxygens (including phenoxy) is 1. The topological polar surface area (TPSA) is 53.9 Å². The van der Waals surface area contributed by atoms with E-state index in [9.17, 15) is 4.79 Å². The Balaban J connectivity index is 1.97. The summed E-state index contributed by atoms with van der Waals surface area (Å²) < 4.78 is 4.85. The van der Waals surface area contributed by atoms with Crippen molar-refractivity contribution in [3.8, 4) is 0 Å². The van der Waals surface area contributed by atoms with Gasteiger partial charge in [-0.2, -0.15) is 0 Å². The van der Waals surface area contributed by atoms with Crippen molar-refractivity contribution in [2.75, 3.05) is 39.3 Å². The van der Waals surface area contributed by atoms with E-state index >= 15 is 0 Å². The molecule has 0 saturated heterocycles. The van der Waals surface area contributed by atoms with E-state index in [1.54, 1.807) is 0 Å². The first-order chi connectivity index (χ1) is 8.74. The molecule has 5 nitrogen and oxygen atoms in total. The molecule has 0 radical (unpaired) electrons. The fourth-order valence-electron chi connectivity index (χ4n) is 1.98. The molecule has 0 aliphatic carbocycles. The van der Waals surface area contributed by atoms with Crippen LogP contribution in [0.5, 0.6) is 0 Å². The first-order valence-corrected chi connectivity index (χ1v) is 6.86. The van der Waals surface area contributed by atoms with Crippen LogP contribution < -0.4 is 5.32 Å². The Hall–Kier alpha value is -1.10. The van der Waals surface area contributed by atoms with Gasteiger partial charge in [0.2, 0.25) is 0 Å². The molecule has 0 aromatic heterocycles. The molecule has 0 amide bonds. The van der Waals surface area contributed by atoms with E-state index in [2.05, 4.69) is 22.1 Å². The maximum Gasteiger partial charge on any atom is 0.307 e. The molecule has 0 fully saturated rings. The van der Waals surface area contributed by atoms with Crippen molar-refractivity contribution in [1.82, 2.24) is 10.2 Å². The van der Waals surface area contributed by atoms with Crippen LogP contribution in [0.15, 0.2) is 4.99 Å². The van der Waals surface area contributed by atoms with Crippen LogP contribution in [0.1, 0.15) is 33.1 Å². The molecule has 0 atom stereocenters. The second-order valence-electron chi connectivity index (χ2n) is 4.43. The number of carbonyl (C=O) groups is 1. The molecule has 1 aliphatic heterocycles. The summed E-state index contributed by atoms with van der Waals surface area (Å²) in [6.07, 6.45) is 2.70. The fraction of sp³-hybridized carbons (Fsp3) is 0.846. The molecule has 0 unspecified atom stereocenters.